The lowest BCUT2D eigenvalue weighted by Gasteiger charge is -2.34. The SMILES string of the molecule is N#Cc1cccc(NC(=O)[C@@H](c2ccccc2)N2CCCCC2=O)c1. The molecule has 5 heteroatoms. The minimum absolute atomic E-state index is 0.000952. The maximum atomic E-state index is 13.0. The Bertz CT molecular complexity index is 811. The van der Waals surface area contributed by atoms with E-state index < -0.39 is 6.04 Å². The second-order valence-electron chi connectivity index (χ2n) is 6.04. The van der Waals surface area contributed by atoms with E-state index in [0.717, 1.165) is 18.4 Å². The molecule has 1 fully saturated rings. The van der Waals surface area contributed by atoms with Gasteiger partial charge in [-0.1, -0.05) is 36.4 Å². The second kappa shape index (κ2) is 7.63. The van der Waals surface area contributed by atoms with Crippen LogP contribution in [0.1, 0.15) is 36.4 Å². The molecule has 1 aliphatic heterocycles. The van der Waals surface area contributed by atoms with E-state index in [1.807, 2.05) is 30.3 Å². The molecule has 25 heavy (non-hydrogen) atoms. The lowest BCUT2D eigenvalue weighted by atomic mass is 10.0. The molecule has 2 aromatic carbocycles. The van der Waals surface area contributed by atoms with Gasteiger partial charge >= 0.3 is 0 Å². The minimum Gasteiger partial charge on any atom is -0.327 e. The summed E-state index contributed by atoms with van der Waals surface area (Å²) < 4.78 is 0. The highest BCUT2D eigenvalue weighted by atomic mass is 16.2. The van der Waals surface area contributed by atoms with Crippen molar-refractivity contribution in [3.05, 3.63) is 65.7 Å². The Labute approximate surface area is 146 Å². The van der Waals surface area contributed by atoms with Crippen LogP contribution in [0.4, 0.5) is 5.69 Å². The zero-order valence-electron chi connectivity index (χ0n) is 13.8. The Kier molecular flexibility index (Phi) is 5.10. The summed E-state index contributed by atoms with van der Waals surface area (Å²) in [6.07, 6.45) is 2.23. The van der Waals surface area contributed by atoms with E-state index in [2.05, 4.69) is 11.4 Å². The molecule has 1 aliphatic rings. The summed E-state index contributed by atoms with van der Waals surface area (Å²) in [6.45, 7) is 0.573. The van der Waals surface area contributed by atoms with E-state index in [1.165, 1.54) is 0 Å². The zero-order chi connectivity index (χ0) is 17.6. The van der Waals surface area contributed by atoms with Crippen molar-refractivity contribution in [3.63, 3.8) is 0 Å². The molecule has 5 nitrogen and oxygen atoms in total. The van der Waals surface area contributed by atoms with E-state index in [4.69, 9.17) is 5.26 Å². The first-order chi connectivity index (χ1) is 12.2. The summed E-state index contributed by atoms with van der Waals surface area (Å²) in [4.78, 5) is 27.0. The molecule has 0 saturated carbocycles. The molecule has 2 aromatic rings. The van der Waals surface area contributed by atoms with Gasteiger partial charge in [0.25, 0.3) is 5.91 Å². The van der Waals surface area contributed by atoms with Gasteiger partial charge in [-0.15, -0.1) is 0 Å². The summed E-state index contributed by atoms with van der Waals surface area (Å²) >= 11 is 0. The first kappa shape index (κ1) is 16.7. The summed E-state index contributed by atoms with van der Waals surface area (Å²) in [5.41, 5.74) is 1.81. The lowest BCUT2D eigenvalue weighted by Crippen LogP contribution is -2.43. The first-order valence-electron chi connectivity index (χ1n) is 8.34. The monoisotopic (exact) mass is 333 g/mol. The number of nitrogens with zero attached hydrogens (tertiary/aromatic N) is 2. The minimum atomic E-state index is -0.667. The molecule has 1 atom stereocenters. The maximum Gasteiger partial charge on any atom is 0.251 e. The highest BCUT2D eigenvalue weighted by molar-refractivity contribution is 5.98. The van der Waals surface area contributed by atoms with Gasteiger partial charge in [-0.25, -0.2) is 0 Å². The number of hydrogen-bond donors (Lipinski definition) is 1. The van der Waals surface area contributed by atoms with Crippen molar-refractivity contribution >= 4 is 17.5 Å². The van der Waals surface area contributed by atoms with Gasteiger partial charge in [0.15, 0.2) is 0 Å². The quantitative estimate of drug-likeness (QED) is 0.933. The predicted octanol–water partition coefficient (Wildman–Crippen LogP) is 3.25. The number of nitrogens with one attached hydrogen (secondary N) is 1. The van der Waals surface area contributed by atoms with Crippen LogP contribution in [-0.4, -0.2) is 23.3 Å². The molecule has 0 aliphatic carbocycles. The van der Waals surface area contributed by atoms with Crippen molar-refractivity contribution in [1.29, 1.82) is 5.26 Å². The fourth-order valence-electron chi connectivity index (χ4n) is 3.09. The van der Waals surface area contributed by atoms with Gasteiger partial charge in [0.05, 0.1) is 11.6 Å². The Morgan fingerprint density at radius 2 is 1.92 bits per heavy atom. The lowest BCUT2D eigenvalue weighted by molar-refractivity contribution is -0.141. The number of carbonyl (C=O) groups is 2. The average molecular weight is 333 g/mol. The van der Waals surface area contributed by atoms with Gasteiger partial charge in [-0.05, 0) is 36.6 Å². The number of likely N-dealkylation sites (tertiary alicyclic amines) is 1. The highest BCUT2D eigenvalue weighted by Crippen LogP contribution is 2.27. The predicted molar refractivity (Wildman–Crippen MR) is 94.5 cm³/mol. The van der Waals surface area contributed by atoms with Crippen LogP contribution in [0.5, 0.6) is 0 Å². The zero-order valence-corrected chi connectivity index (χ0v) is 13.8. The summed E-state index contributed by atoms with van der Waals surface area (Å²) in [5.74, 6) is -0.266. The molecule has 1 N–H and O–H groups in total. The molecule has 0 bridgehead atoms. The standard InChI is InChI=1S/C20H19N3O2/c21-14-15-7-6-10-17(13-15)22-20(25)19(16-8-2-1-3-9-16)23-12-5-4-11-18(23)24/h1-3,6-10,13,19H,4-5,11-12H2,(H,22,25)/t19-/m1/s1. The topological polar surface area (TPSA) is 73.2 Å². The van der Waals surface area contributed by atoms with Gasteiger partial charge in [0, 0.05) is 18.7 Å². The Morgan fingerprint density at radius 3 is 2.64 bits per heavy atom. The molecule has 1 saturated heterocycles. The molecule has 0 spiro atoms. The van der Waals surface area contributed by atoms with Gasteiger partial charge in [0.1, 0.15) is 6.04 Å². The van der Waals surface area contributed by atoms with Gasteiger partial charge in [0.2, 0.25) is 5.91 Å². The van der Waals surface area contributed by atoms with Crippen molar-refractivity contribution in [1.82, 2.24) is 4.90 Å². The van der Waals surface area contributed by atoms with Crippen LogP contribution in [0.3, 0.4) is 0 Å². The van der Waals surface area contributed by atoms with Crippen molar-refractivity contribution in [2.24, 2.45) is 0 Å². The molecule has 0 aromatic heterocycles. The Morgan fingerprint density at radius 1 is 1.12 bits per heavy atom. The van der Waals surface area contributed by atoms with Crippen LogP contribution in [0, 0.1) is 11.3 Å². The fourth-order valence-corrected chi connectivity index (χ4v) is 3.09. The van der Waals surface area contributed by atoms with Crippen molar-refractivity contribution in [2.45, 2.75) is 25.3 Å². The fraction of sp³-hybridized carbons (Fsp3) is 0.250. The number of amides is 2. The number of rotatable bonds is 4. The number of benzene rings is 2. The summed E-state index contributed by atoms with van der Waals surface area (Å²) in [5, 5.41) is 11.9. The van der Waals surface area contributed by atoms with E-state index in [9.17, 15) is 9.59 Å². The number of hydrogen-bond acceptors (Lipinski definition) is 3. The second-order valence-corrected chi connectivity index (χ2v) is 6.04. The average Bonchev–Trinajstić information content (AvgIpc) is 2.64. The largest absolute Gasteiger partial charge is 0.327 e. The third kappa shape index (κ3) is 3.86. The summed E-state index contributed by atoms with van der Waals surface area (Å²) in [7, 11) is 0. The normalized spacial score (nSPS) is 15.3. The van der Waals surface area contributed by atoms with Crippen LogP contribution in [-0.2, 0) is 9.59 Å². The van der Waals surface area contributed by atoms with Crippen molar-refractivity contribution in [2.75, 3.05) is 11.9 Å². The van der Waals surface area contributed by atoms with Crippen LogP contribution < -0.4 is 5.32 Å². The number of carbonyl (C=O) groups excluding carboxylic acids is 2. The van der Waals surface area contributed by atoms with Crippen LogP contribution in [0.15, 0.2) is 54.6 Å². The Hall–Kier alpha value is -3.13. The van der Waals surface area contributed by atoms with E-state index in [0.29, 0.717) is 24.2 Å². The van der Waals surface area contributed by atoms with Gasteiger partial charge in [-0.2, -0.15) is 5.26 Å². The van der Waals surface area contributed by atoms with Gasteiger partial charge < -0.3 is 10.2 Å². The molecule has 2 amide bonds. The molecule has 0 radical (unpaired) electrons. The third-order valence-corrected chi connectivity index (χ3v) is 4.29. The van der Waals surface area contributed by atoms with E-state index in [-0.39, 0.29) is 11.8 Å². The van der Waals surface area contributed by atoms with E-state index in [1.54, 1.807) is 29.2 Å². The van der Waals surface area contributed by atoms with Gasteiger partial charge in [-0.3, -0.25) is 9.59 Å². The van der Waals surface area contributed by atoms with E-state index >= 15 is 0 Å². The number of nitriles is 1. The third-order valence-electron chi connectivity index (χ3n) is 4.29. The molecular weight excluding hydrogens is 314 g/mol. The van der Waals surface area contributed by atoms with Crippen LogP contribution in [0.25, 0.3) is 0 Å². The molecule has 3 rings (SSSR count). The maximum absolute atomic E-state index is 13.0. The first-order valence-corrected chi connectivity index (χ1v) is 8.34. The van der Waals surface area contributed by atoms with Crippen molar-refractivity contribution in [3.8, 4) is 6.07 Å². The Balaban J connectivity index is 1.89. The smallest absolute Gasteiger partial charge is 0.251 e. The summed E-state index contributed by atoms with van der Waals surface area (Å²) in [6, 6.07) is 17.5. The number of piperidine rings is 1. The van der Waals surface area contributed by atoms with Crippen LogP contribution in [0.2, 0.25) is 0 Å². The molecule has 1 heterocycles. The van der Waals surface area contributed by atoms with Crippen molar-refractivity contribution < 1.29 is 9.59 Å². The highest BCUT2D eigenvalue weighted by Gasteiger charge is 2.32. The molecule has 126 valence electrons. The molecule has 0 unspecified atom stereocenters. The number of anilines is 1. The molecular formula is C20H19N3O2. The van der Waals surface area contributed by atoms with Crippen LogP contribution >= 0.6 is 0 Å².